The van der Waals surface area contributed by atoms with Crippen molar-refractivity contribution in [2.45, 2.75) is 24.8 Å². The van der Waals surface area contributed by atoms with Crippen molar-refractivity contribution in [2.75, 3.05) is 26.7 Å². The molecule has 1 saturated carbocycles. The number of hydrogen-bond acceptors (Lipinski definition) is 2. The van der Waals surface area contributed by atoms with Gasteiger partial charge in [-0.3, -0.25) is 4.90 Å². The topological polar surface area (TPSA) is 15.3 Å². The summed E-state index contributed by atoms with van der Waals surface area (Å²) in [5.41, 5.74) is 1.18. The van der Waals surface area contributed by atoms with E-state index < -0.39 is 11.8 Å². The molecule has 3 rings (SSSR count). The third-order valence-electron chi connectivity index (χ3n) is 4.26. The van der Waals surface area contributed by atoms with Crippen LogP contribution in [0.3, 0.4) is 0 Å². The maximum Gasteiger partial charge on any atom is 0.276 e. The fourth-order valence-electron chi connectivity index (χ4n) is 2.81. The van der Waals surface area contributed by atoms with Crippen molar-refractivity contribution >= 4 is 0 Å². The summed E-state index contributed by atoms with van der Waals surface area (Å²) in [5.74, 6) is -3.10. The van der Waals surface area contributed by atoms with Crippen LogP contribution in [-0.4, -0.2) is 31.6 Å². The number of nitrogens with zero attached hydrogens (tertiary/aromatic N) is 1. The zero-order chi connectivity index (χ0) is 13.5. The highest BCUT2D eigenvalue weighted by atomic mass is 19.3. The highest BCUT2D eigenvalue weighted by Gasteiger charge is 2.48. The smallest absolute Gasteiger partial charge is 0.276 e. The normalized spacial score (nSPS) is 25.5. The van der Waals surface area contributed by atoms with Crippen LogP contribution in [0.4, 0.5) is 8.78 Å². The van der Waals surface area contributed by atoms with Crippen LogP contribution in [0.2, 0.25) is 0 Å². The lowest BCUT2D eigenvalue weighted by atomic mass is 9.97. The van der Waals surface area contributed by atoms with Crippen LogP contribution in [0.1, 0.15) is 30.0 Å². The van der Waals surface area contributed by atoms with E-state index in [1.165, 1.54) is 0 Å². The van der Waals surface area contributed by atoms with Crippen LogP contribution in [0.15, 0.2) is 24.3 Å². The molecule has 1 heterocycles. The summed E-state index contributed by atoms with van der Waals surface area (Å²) in [6.07, 6.45) is 1.31. The predicted molar refractivity (Wildman–Crippen MR) is 71.3 cm³/mol. The lowest BCUT2D eigenvalue weighted by molar-refractivity contribution is -0.0287. The molecule has 0 amide bonds. The number of hydrogen-bond donors (Lipinski definition) is 1. The van der Waals surface area contributed by atoms with E-state index in [4.69, 9.17) is 0 Å². The Morgan fingerprint density at radius 2 is 2.11 bits per heavy atom. The summed E-state index contributed by atoms with van der Waals surface area (Å²) in [4.78, 5) is 2.23. The van der Waals surface area contributed by atoms with Crippen LogP contribution in [0.25, 0.3) is 0 Å². The first-order chi connectivity index (χ1) is 9.09. The van der Waals surface area contributed by atoms with E-state index in [1.807, 2.05) is 6.07 Å². The molecule has 1 aliphatic heterocycles. The van der Waals surface area contributed by atoms with Gasteiger partial charge < -0.3 is 5.32 Å². The minimum atomic E-state index is -2.66. The van der Waals surface area contributed by atoms with Crippen molar-refractivity contribution in [3.63, 3.8) is 0 Å². The molecule has 4 heteroatoms. The second kappa shape index (κ2) is 4.84. The Bertz CT molecular complexity index is 457. The Balaban J connectivity index is 1.86. The summed E-state index contributed by atoms with van der Waals surface area (Å²) in [6.45, 7) is 2.74. The molecular weight excluding hydrogens is 246 g/mol. The van der Waals surface area contributed by atoms with Crippen LogP contribution in [-0.2, 0) is 5.92 Å². The van der Waals surface area contributed by atoms with Crippen molar-refractivity contribution in [1.82, 2.24) is 10.2 Å². The van der Waals surface area contributed by atoms with Crippen molar-refractivity contribution in [1.29, 1.82) is 0 Å². The van der Waals surface area contributed by atoms with Crippen molar-refractivity contribution in [2.24, 2.45) is 5.92 Å². The molecule has 1 saturated heterocycles. The van der Waals surface area contributed by atoms with Gasteiger partial charge in [-0.1, -0.05) is 18.2 Å². The molecule has 2 aliphatic rings. The number of halogens is 2. The highest BCUT2D eigenvalue weighted by Crippen LogP contribution is 2.49. The van der Waals surface area contributed by atoms with Crippen molar-refractivity contribution in [3.8, 4) is 0 Å². The molecule has 104 valence electrons. The summed E-state index contributed by atoms with van der Waals surface area (Å²) >= 11 is 0. The van der Waals surface area contributed by atoms with E-state index in [0.717, 1.165) is 25.2 Å². The molecule has 0 spiro atoms. The summed E-state index contributed by atoms with van der Waals surface area (Å²) in [7, 11) is 2.05. The fraction of sp³-hybridized carbons (Fsp3) is 0.600. The Labute approximate surface area is 112 Å². The summed E-state index contributed by atoms with van der Waals surface area (Å²) < 4.78 is 28.3. The van der Waals surface area contributed by atoms with E-state index in [-0.39, 0.29) is 11.6 Å². The molecule has 2 fully saturated rings. The molecular formula is C15H20F2N2. The number of benzene rings is 1. The summed E-state index contributed by atoms with van der Waals surface area (Å²) in [5, 5.41) is 3.33. The maximum atomic E-state index is 14.2. The van der Waals surface area contributed by atoms with E-state index >= 15 is 0 Å². The van der Waals surface area contributed by atoms with Crippen LogP contribution in [0.5, 0.6) is 0 Å². The molecule has 1 atom stereocenters. The Morgan fingerprint density at radius 3 is 2.79 bits per heavy atom. The Morgan fingerprint density at radius 1 is 1.32 bits per heavy atom. The lowest BCUT2D eigenvalue weighted by Gasteiger charge is -2.33. The molecule has 0 bridgehead atoms. The average molecular weight is 266 g/mol. The lowest BCUT2D eigenvalue weighted by Crippen LogP contribution is -2.43. The molecule has 1 N–H and O–H groups in total. The quantitative estimate of drug-likeness (QED) is 0.905. The third kappa shape index (κ3) is 2.51. The number of alkyl halides is 2. The van der Waals surface area contributed by atoms with E-state index in [0.29, 0.717) is 12.8 Å². The van der Waals surface area contributed by atoms with Gasteiger partial charge in [-0.2, -0.15) is 0 Å². The van der Waals surface area contributed by atoms with E-state index in [1.54, 1.807) is 18.2 Å². The number of nitrogens with one attached hydrogen (secondary N) is 1. The molecule has 1 aliphatic carbocycles. The predicted octanol–water partition coefficient (Wildman–Crippen LogP) is 2.76. The van der Waals surface area contributed by atoms with Gasteiger partial charge in [0.15, 0.2) is 0 Å². The maximum absolute atomic E-state index is 14.2. The SMILES string of the molecule is CN1CCNCC1c1cccc(C(F)(F)C2CC2)c1. The second-order valence-corrected chi connectivity index (χ2v) is 5.72. The molecule has 1 aromatic rings. The van der Waals surface area contributed by atoms with Crippen LogP contribution < -0.4 is 5.32 Å². The molecule has 19 heavy (non-hydrogen) atoms. The number of likely N-dealkylation sites (N-methyl/N-ethyl adjacent to an activating group) is 1. The van der Waals surface area contributed by atoms with Gasteiger partial charge in [0.25, 0.3) is 5.92 Å². The monoisotopic (exact) mass is 266 g/mol. The molecule has 1 unspecified atom stereocenters. The first kappa shape index (κ1) is 13.0. The second-order valence-electron chi connectivity index (χ2n) is 5.72. The minimum absolute atomic E-state index is 0.187. The fourth-order valence-corrected chi connectivity index (χ4v) is 2.81. The zero-order valence-electron chi connectivity index (χ0n) is 11.2. The van der Waals surface area contributed by atoms with Crippen LogP contribution >= 0.6 is 0 Å². The van der Waals surface area contributed by atoms with E-state index in [9.17, 15) is 8.78 Å². The minimum Gasteiger partial charge on any atom is -0.314 e. The van der Waals surface area contributed by atoms with Crippen molar-refractivity contribution in [3.05, 3.63) is 35.4 Å². The first-order valence-corrected chi connectivity index (χ1v) is 6.98. The standard InChI is InChI=1S/C15H20F2N2/c1-19-8-7-18-10-14(19)11-3-2-4-13(9-11)15(16,17)12-5-6-12/h2-4,9,12,14,18H,5-8,10H2,1H3. The zero-order valence-corrected chi connectivity index (χ0v) is 11.2. The number of rotatable bonds is 3. The molecule has 0 aromatic heterocycles. The van der Waals surface area contributed by atoms with E-state index in [2.05, 4.69) is 17.3 Å². The average Bonchev–Trinajstić information content (AvgIpc) is 3.24. The van der Waals surface area contributed by atoms with Gasteiger partial charge in [0, 0.05) is 37.2 Å². The van der Waals surface area contributed by atoms with Crippen molar-refractivity contribution < 1.29 is 8.78 Å². The van der Waals surface area contributed by atoms with Gasteiger partial charge in [-0.15, -0.1) is 0 Å². The number of piperazine rings is 1. The van der Waals surface area contributed by atoms with Gasteiger partial charge in [0.1, 0.15) is 0 Å². The van der Waals surface area contributed by atoms with Gasteiger partial charge >= 0.3 is 0 Å². The third-order valence-corrected chi connectivity index (χ3v) is 4.26. The summed E-state index contributed by atoms with van der Waals surface area (Å²) in [6, 6.07) is 7.19. The van der Waals surface area contributed by atoms with Gasteiger partial charge in [-0.25, -0.2) is 8.78 Å². The molecule has 2 nitrogen and oxygen atoms in total. The Kier molecular flexibility index (Phi) is 3.31. The van der Waals surface area contributed by atoms with Crippen LogP contribution in [0, 0.1) is 5.92 Å². The van der Waals surface area contributed by atoms with Gasteiger partial charge in [-0.05, 0) is 31.5 Å². The highest BCUT2D eigenvalue weighted by molar-refractivity contribution is 5.30. The first-order valence-electron chi connectivity index (χ1n) is 6.98. The Hall–Kier alpha value is -1.00. The van der Waals surface area contributed by atoms with Gasteiger partial charge in [0.2, 0.25) is 0 Å². The van der Waals surface area contributed by atoms with Gasteiger partial charge in [0.05, 0.1) is 0 Å². The largest absolute Gasteiger partial charge is 0.314 e. The molecule has 1 aromatic carbocycles. The molecule has 0 radical (unpaired) electrons.